The summed E-state index contributed by atoms with van der Waals surface area (Å²) in [4.78, 5) is 36.1. The van der Waals surface area contributed by atoms with E-state index in [0.29, 0.717) is 0 Å². The molecule has 0 radical (unpaired) electrons. The Morgan fingerprint density at radius 3 is 1.68 bits per heavy atom. The zero-order chi connectivity index (χ0) is 30.2. The molecule has 0 aromatic heterocycles. The minimum Gasteiger partial charge on any atom is -0.494 e. The summed E-state index contributed by atoms with van der Waals surface area (Å²) in [5, 5.41) is 2.47. The monoisotopic (exact) mass is 539 g/mol. The molecule has 0 saturated carbocycles. The topological polar surface area (TPSA) is 100 Å². The number of ether oxygens (including phenoxy) is 4. The molecule has 0 bridgehead atoms. The minimum absolute atomic E-state index is 0.0308. The maximum atomic E-state index is 12.3. The molecule has 220 valence electrons. The first-order valence-corrected chi connectivity index (χ1v) is 13.4. The van der Waals surface area contributed by atoms with Gasteiger partial charge >= 0.3 is 18.0 Å². The predicted molar refractivity (Wildman–Crippen MR) is 152 cm³/mol. The maximum absolute atomic E-state index is 12.3. The average Bonchev–Trinajstić information content (AvgIpc) is 2.74. The van der Waals surface area contributed by atoms with Crippen LogP contribution in [-0.2, 0) is 23.8 Å². The molecular formula is C30H53NO7. The number of nitrogens with one attached hydrogen (secondary N) is 1. The number of carbonyl (C=O) groups is 3. The van der Waals surface area contributed by atoms with Crippen molar-refractivity contribution in [2.45, 2.75) is 132 Å². The minimum atomic E-state index is -0.999. The van der Waals surface area contributed by atoms with E-state index in [1.165, 1.54) is 5.56 Å². The standard InChI is InChI=1S/C18H33NO6.C10H14O.C2H6/c1-16(2,3)23-13(20)11-10-12(14(21)24-17(4,5)6)19-15(22)25-18(7,8)9;1-3-8-11-10-6-4-9(2)5-7-10;1-2/h12H,10-11H2,1-9H3,(H,19,22);4-7H,3,8H2,1-2H3;1-2H3. The van der Waals surface area contributed by atoms with Gasteiger partial charge in [-0.3, -0.25) is 4.79 Å². The molecule has 38 heavy (non-hydrogen) atoms. The van der Waals surface area contributed by atoms with Gasteiger partial charge in [-0.25, -0.2) is 9.59 Å². The summed E-state index contributed by atoms with van der Waals surface area (Å²) in [5.41, 5.74) is -0.754. The lowest BCUT2D eigenvalue weighted by Crippen LogP contribution is -2.46. The third-order valence-corrected chi connectivity index (χ3v) is 3.93. The van der Waals surface area contributed by atoms with Crippen LogP contribution in [0.15, 0.2) is 24.3 Å². The van der Waals surface area contributed by atoms with E-state index in [-0.39, 0.29) is 12.8 Å². The molecular weight excluding hydrogens is 486 g/mol. The van der Waals surface area contributed by atoms with Crippen molar-refractivity contribution in [2.24, 2.45) is 0 Å². The van der Waals surface area contributed by atoms with E-state index >= 15 is 0 Å². The van der Waals surface area contributed by atoms with Crippen molar-refractivity contribution in [3.63, 3.8) is 0 Å². The van der Waals surface area contributed by atoms with Gasteiger partial charge in [-0.05, 0) is 94.2 Å². The Labute approximate surface area is 231 Å². The summed E-state index contributed by atoms with van der Waals surface area (Å²) in [5.74, 6) is -0.105. The van der Waals surface area contributed by atoms with E-state index in [0.717, 1.165) is 18.8 Å². The fourth-order valence-electron chi connectivity index (χ4n) is 2.58. The van der Waals surface area contributed by atoms with Crippen molar-refractivity contribution in [2.75, 3.05) is 6.61 Å². The highest BCUT2D eigenvalue weighted by molar-refractivity contribution is 5.82. The van der Waals surface area contributed by atoms with Gasteiger partial charge in [0.2, 0.25) is 0 Å². The molecule has 1 aromatic rings. The second-order valence-corrected chi connectivity index (χ2v) is 11.5. The van der Waals surface area contributed by atoms with Crippen LogP contribution in [0.25, 0.3) is 0 Å². The second kappa shape index (κ2) is 17.7. The van der Waals surface area contributed by atoms with Crippen LogP contribution >= 0.6 is 0 Å². The van der Waals surface area contributed by atoms with Crippen molar-refractivity contribution in [1.82, 2.24) is 5.32 Å². The van der Waals surface area contributed by atoms with Crippen molar-refractivity contribution >= 4 is 18.0 Å². The van der Waals surface area contributed by atoms with Crippen LogP contribution in [0, 0.1) is 6.92 Å². The number of rotatable bonds is 8. The third-order valence-electron chi connectivity index (χ3n) is 3.93. The molecule has 1 N–H and O–H groups in total. The number of aryl methyl sites for hydroxylation is 1. The fourth-order valence-corrected chi connectivity index (χ4v) is 2.58. The number of amides is 1. The largest absolute Gasteiger partial charge is 0.494 e. The first-order valence-electron chi connectivity index (χ1n) is 13.4. The molecule has 0 aliphatic rings. The van der Waals surface area contributed by atoms with Gasteiger partial charge in [-0.2, -0.15) is 0 Å². The smallest absolute Gasteiger partial charge is 0.408 e. The van der Waals surface area contributed by atoms with Crippen LogP contribution in [-0.4, -0.2) is 47.5 Å². The molecule has 8 heteroatoms. The van der Waals surface area contributed by atoms with Crippen LogP contribution in [0.3, 0.4) is 0 Å². The Bertz CT molecular complexity index is 813. The van der Waals surface area contributed by atoms with Crippen molar-refractivity contribution in [3.8, 4) is 5.75 Å². The highest BCUT2D eigenvalue weighted by Gasteiger charge is 2.29. The van der Waals surface area contributed by atoms with Crippen molar-refractivity contribution in [3.05, 3.63) is 29.8 Å². The molecule has 1 rings (SSSR count). The number of carbonyl (C=O) groups excluding carboxylic acids is 3. The van der Waals surface area contributed by atoms with Gasteiger partial charge in [0.15, 0.2) is 0 Å². The SMILES string of the molecule is CC.CC(C)(C)OC(=O)CCC(NC(=O)OC(C)(C)C)C(=O)OC(C)(C)C.CCCOc1ccc(C)cc1. The molecule has 0 aliphatic carbocycles. The molecule has 0 aliphatic heterocycles. The van der Waals surface area contributed by atoms with Crippen LogP contribution in [0.5, 0.6) is 5.75 Å². The fraction of sp³-hybridized carbons (Fsp3) is 0.700. The number of hydrogen-bond acceptors (Lipinski definition) is 7. The number of alkyl carbamates (subject to hydrolysis) is 1. The molecule has 1 amide bonds. The predicted octanol–water partition coefficient (Wildman–Crippen LogP) is 7.15. The van der Waals surface area contributed by atoms with Gasteiger partial charge in [0.05, 0.1) is 6.61 Å². The van der Waals surface area contributed by atoms with E-state index in [1.807, 2.05) is 26.0 Å². The van der Waals surface area contributed by atoms with Crippen LogP contribution < -0.4 is 10.1 Å². The Kier molecular flexibility index (Phi) is 17.4. The Morgan fingerprint density at radius 2 is 1.26 bits per heavy atom. The number of benzene rings is 1. The molecule has 1 aromatic carbocycles. The summed E-state index contributed by atoms with van der Waals surface area (Å²) in [7, 11) is 0. The summed E-state index contributed by atoms with van der Waals surface area (Å²) in [6, 6.07) is 7.13. The third kappa shape index (κ3) is 22.4. The first-order chi connectivity index (χ1) is 17.3. The van der Waals surface area contributed by atoms with Crippen LogP contribution in [0.2, 0.25) is 0 Å². The Balaban J connectivity index is 0. The summed E-state index contributed by atoms with van der Waals surface area (Å²) in [6.45, 7) is 24.6. The number of esters is 2. The lowest BCUT2D eigenvalue weighted by Gasteiger charge is -2.26. The second-order valence-electron chi connectivity index (χ2n) is 11.5. The zero-order valence-electron chi connectivity index (χ0n) is 26.1. The van der Waals surface area contributed by atoms with Crippen molar-refractivity contribution in [1.29, 1.82) is 0 Å². The molecule has 1 unspecified atom stereocenters. The molecule has 0 fully saturated rings. The lowest BCUT2D eigenvalue weighted by molar-refractivity contribution is -0.158. The van der Waals surface area contributed by atoms with Gasteiger partial charge in [0.1, 0.15) is 28.6 Å². The summed E-state index contributed by atoms with van der Waals surface area (Å²) >= 11 is 0. The van der Waals surface area contributed by atoms with Gasteiger partial charge in [-0.15, -0.1) is 0 Å². The zero-order valence-corrected chi connectivity index (χ0v) is 26.1. The molecule has 0 spiro atoms. The maximum Gasteiger partial charge on any atom is 0.408 e. The first kappa shape index (κ1) is 37.4. The molecule has 8 nitrogen and oxygen atoms in total. The summed E-state index contributed by atoms with van der Waals surface area (Å²) < 4.78 is 21.1. The Hall–Kier alpha value is -2.77. The van der Waals surface area contributed by atoms with Crippen molar-refractivity contribution < 1.29 is 33.3 Å². The van der Waals surface area contributed by atoms with Gasteiger partial charge in [-0.1, -0.05) is 38.5 Å². The van der Waals surface area contributed by atoms with Gasteiger partial charge in [0.25, 0.3) is 0 Å². The van der Waals surface area contributed by atoms with E-state index in [1.54, 1.807) is 62.3 Å². The molecule has 1 atom stereocenters. The van der Waals surface area contributed by atoms with E-state index < -0.39 is 40.9 Å². The summed E-state index contributed by atoms with van der Waals surface area (Å²) in [6.07, 6.45) is 0.348. The Morgan fingerprint density at radius 1 is 0.789 bits per heavy atom. The number of hydrogen-bond donors (Lipinski definition) is 1. The lowest BCUT2D eigenvalue weighted by atomic mass is 10.1. The quantitative estimate of drug-likeness (QED) is 0.276. The van der Waals surface area contributed by atoms with E-state index in [9.17, 15) is 14.4 Å². The van der Waals surface area contributed by atoms with Gasteiger partial charge < -0.3 is 24.3 Å². The van der Waals surface area contributed by atoms with E-state index in [4.69, 9.17) is 18.9 Å². The van der Waals surface area contributed by atoms with E-state index in [2.05, 4.69) is 31.3 Å². The van der Waals surface area contributed by atoms with Crippen LogP contribution in [0.4, 0.5) is 4.79 Å². The normalized spacial score (nSPS) is 11.9. The molecule has 0 heterocycles. The average molecular weight is 540 g/mol. The highest BCUT2D eigenvalue weighted by Crippen LogP contribution is 2.15. The van der Waals surface area contributed by atoms with Crippen LogP contribution in [0.1, 0.15) is 108 Å². The highest BCUT2D eigenvalue weighted by atomic mass is 16.6. The van der Waals surface area contributed by atoms with Gasteiger partial charge in [0, 0.05) is 6.42 Å². The molecule has 0 saturated heterocycles.